The minimum atomic E-state index is -0.444. The molecule has 1 unspecified atom stereocenters. The minimum Gasteiger partial charge on any atom is -0.488 e. The van der Waals surface area contributed by atoms with Crippen molar-refractivity contribution in [1.29, 1.82) is 5.26 Å². The third kappa shape index (κ3) is 2.86. The number of nitrogens with zero attached hydrogens (tertiary/aromatic N) is 4. The lowest BCUT2D eigenvalue weighted by molar-refractivity contribution is -0.385. The van der Waals surface area contributed by atoms with Crippen molar-refractivity contribution in [1.82, 2.24) is 4.90 Å². The molecule has 1 aromatic rings. The van der Waals surface area contributed by atoms with E-state index in [4.69, 9.17) is 10.00 Å². The molecule has 116 valence electrons. The Morgan fingerprint density at radius 3 is 2.82 bits per heavy atom. The van der Waals surface area contributed by atoms with Crippen LogP contribution in [-0.4, -0.2) is 35.4 Å². The zero-order valence-corrected chi connectivity index (χ0v) is 13.0. The van der Waals surface area contributed by atoms with Crippen molar-refractivity contribution >= 4 is 11.5 Å². The van der Waals surface area contributed by atoms with E-state index in [2.05, 4.69) is 4.99 Å². The van der Waals surface area contributed by atoms with E-state index in [1.165, 1.54) is 17.0 Å². The van der Waals surface area contributed by atoms with Crippen LogP contribution in [0.2, 0.25) is 0 Å². The highest BCUT2D eigenvalue weighted by molar-refractivity contribution is 5.91. The molecular formula is C15H18N4O3. The first-order valence-corrected chi connectivity index (χ1v) is 6.86. The van der Waals surface area contributed by atoms with Gasteiger partial charge in [-0.05, 0) is 19.9 Å². The molecule has 1 heterocycles. The summed E-state index contributed by atoms with van der Waals surface area (Å²) < 4.78 is 5.91. The molecule has 1 atom stereocenters. The van der Waals surface area contributed by atoms with Crippen LogP contribution in [0.3, 0.4) is 0 Å². The first-order valence-electron chi connectivity index (χ1n) is 6.86. The Bertz CT molecular complexity index is 676. The second kappa shape index (κ2) is 5.64. The Balaban J connectivity index is 2.58. The van der Waals surface area contributed by atoms with Gasteiger partial charge in [-0.2, -0.15) is 5.26 Å². The maximum atomic E-state index is 11.0. The first-order chi connectivity index (χ1) is 10.3. The molecule has 0 N–H and O–H groups in total. The molecule has 0 aromatic heterocycles. The average Bonchev–Trinajstić information content (AvgIpc) is 2.46. The van der Waals surface area contributed by atoms with Gasteiger partial charge in [-0.3, -0.25) is 20.0 Å². The molecule has 1 aromatic carbocycles. The number of amidine groups is 1. The third-order valence-corrected chi connectivity index (χ3v) is 3.70. The van der Waals surface area contributed by atoms with Crippen LogP contribution in [0.1, 0.15) is 31.7 Å². The second-order valence-electron chi connectivity index (χ2n) is 5.84. The number of hydrogen-bond donors (Lipinski definition) is 0. The number of nitriles is 1. The average molecular weight is 302 g/mol. The van der Waals surface area contributed by atoms with Crippen molar-refractivity contribution in [2.24, 2.45) is 4.99 Å². The summed E-state index contributed by atoms with van der Waals surface area (Å²) in [5, 5.41) is 20.2. The first kappa shape index (κ1) is 15.8. The van der Waals surface area contributed by atoms with Gasteiger partial charge >= 0.3 is 0 Å². The molecule has 0 spiro atoms. The normalized spacial score (nSPS) is 19.6. The van der Waals surface area contributed by atoms with Crippen molar-refractivity contribution in [3.63, 3.8) is 0 Å². The minimum absolute atomic E-state index is 0.00196. The molecule has 0 bridgehead atoms. The highest BCUT2D eigenvalue weighted by Crippen LogP contribution is 2.43. The highest BCUT2D eigenvalue weighted by Gasteiger charge is 2.38. The van der Waals surface area contributed by atoms with E-state index in [9.17, 15) is 10.1 Å². The van der Waals surface area contributed by atoms with Crippen LogP contribution in [0.15, 0.2) is 23.2 Å². The van der Waals surface area contributed by atoms with Gasteiger partial charge in [0.05, 0.1) is 10.8 Å². The van der Waals surface area contributed by atoms with Gasteiger partial charge in [0.25, 0.3) is 5.69 Å². The quantitative estimate of drug-likeness (QED) is 0.209. The third-order valence-electron chi connectivity index (χ3n) is 3.70. The fourth-order valence-electron chi connectivity index (χ4n) is 2.78. The Labute approximate surface area is 129 Å². The van der Waals surface area contributed by atoms with Gasteiger partial charge < -0.3 is 4.74 Å². The largest absolute Gasteiger partial charge is 0.488 e. The summed E-state index contributed by atoms with van der Waals surface area (Å²) in [6, 6.07) is 4.54. The maximum Gasteiger partial charge on any atom is 0.269 e. The van der Waals surface area contributed by atoms with E-state index in [1.54, 1.807) is 20.2 Å². The lowest BCUT2D eigenvalue weighted by Gasteiger charge is -2.38. The van der Waals surface area contributed by atoms with Crippen LogP contribution in [0, 0.1) is 21.6 Å². The summed E-state index contributed by atoms with van der Waals surface area (Å²) >= 11 is 0. The predicted molar refractivity (Wildman–Crippen MR) is 81.9 cm³/mol. The number of likely N-dealkylation sites (N-methyl/N-ethyl adjacent to an activating group) is 1. The summed E-state index contributed by atoms with van der Waals surface area (Å²) in [5.41, 5.74) is 0.249. The van der Waals surface area contributed by atoms with Gasteiger partial charge in [-0.1, -0.05) is 0 Å². The molecule has 0 saturated carbocycles. The maximum absolute atomic E-state index is 11.0. The number of hydrogen-bond acceptors (Lipinski definition) is 5. The molecule has 0 amide bonds. The van der Waals surface area contributed by atoms with E-state index in [1.807, 2.05) is 20.0 Å². The van der Waals surface area contributed by atoms with Crippen molar-refractivity contribution in [3.05, 3.63) is 33.9 Å². The molecular weight excluding hydrogens is 284 g/mol. The molecule has 0 aliphatic carbocycles. The monoisotopic (exact) mass is 302 g/mol. The molecule has 22 heavy (non-hydrogen) atoms. The molecule has 2 rings (SSSR count). The summed E-state index contributed by atoms with van der Waals surface area (Å²) in [4.78, 5) is 16.2. The molecule has 0 fully saturated rings. The van der Waals surface area contributed by atoms with E-state index in [0.29, 0.717) is 23.6 Å². The van der Waals surface area contributed by atoms with Gasteiger partial charge in [0.15, 0.2) is 6.19 Å². The molecule has 1 aliphatic rings. The van der Waals surface area contributed by atoms with Gasteiger partial charge in [-0.25, -0.2) is 0 Å². The van der Waals surface area contributed by atoms with Crippen molar-refractivity contribution in [2.75, 3.05) is 14.1 Å². The zero-order valence-electron chi connectivity index (χ0n) is 13.0. The van der Waals surface area contributed by atoms with E-state index in [-0.39, 0.29) is 11.6 Å². The summed E-state index contributed by atoms with van der Waals surface area (Å²) in [6.07, 6.45) is 2.62. The van der Waals surface area contributed by atoms with Gasteiger partial charge in [-0.15, -0.1) is 0 Å². The number of non-ortho nitro benzene ring substituents is 1. The Morgan fingerprint density at radius 2 is 2.27 bits per heavy atom. The topological polar surface area (TPSA) is 91.8 Å². The Hall–Kier alpha value is -2.62. The molecule has 0 saturated heterocycles. The fraction of sp³-hybridized carbons (Fsp3) is 0.467. The fourth-order valence-corrected chi connectivity index (χ4v) is 2.78. The van der Waals surface area contributed by atoms with Crippen LogP contribution in [0.5, 0.6) is 5.75 Å². The number of nitro groups is 1. The lowest BCUT2D eigenvalue weighted by Crippen LogP contribution is -2.40. The number of ether oxygens (including phenoxy) is 1. The smallest absolute Gasteiger partial charge is 0.269 e. The molecule has 7 heteroatoms. The summed E-state index contributed by atoms with van der Waals surface area (Å²) in [6.45, 7) is 3.90. The van der Waals surface area contributed by atoms with Crippen molar-refractivity contribution in [3.8, 4) is 11.9 Å². The lowest BCUT2D eigenvalue weighted by atomic mass is 9.83. The van der Waals surface area contributed by atoms with Gasteiger partial charge in [0.2, 0.25) is 0 Å². The highest BCUT2D eigenvalue weighted by atomic mass is 16.6. The Kier molecular flexibility index (Phi) is 4.04. The number of aliphatic imine (C=N–C) groups is 1. The number of benzene rings is 1. The van der Waals surface area contributed by atoms with E-state index >= 15 is 0 Å². The zero-order chi connectivity index (χ0) is 16.5. The van der Waals surface area contributed by atoms with Crippen LogP contribution < -0.4 is 4.74 Å². The molecule has 0 radical (unpaired) electrons. The van der Waals surface area contributed by atoms with Gasteiger partial charge in [0.1, 0.15) is 17.2 Å². The second-order valence-corrected chi connectivity index (χ2v) is 5.84. The SMILES string of the molecule is CN=C(C1CC(C)(C)Oc2ccc([N+](=O)[O-])cc21)N(C)C#N. The number of rotatable bonds is 2. The molecule has 7 nitrogen and oxygen atoms in total. The van der Waals surface area contributed by atoms with E-state index < -0.39 is 10.5 Å². The predicted octanol–water partition coefficient (Wildman–Crippen LogP) is 2.68. The van der Waals surface area contributed by atoms with Crippen LogP contribution in [0.4, 0.5) is 5.69 Å². The van der Waals surface area contributed by atoms with E-state index in [0.717, 1.165) is 0 Å². The van der Waals surface area contributed by atoms with Crippen molar-refractivity contribution < 1.29 is 9.66 Å². The standard InChI is InChI=1S/C15H18N4O3/c1-15(2)8-12(14(17-3)18(4)9-16)11-7-10(19(20)21)5-6-13(11)22-15/h5-7,12H,8H2,1-4H3. The Morgan fingerprint density at radius 1 is 1.59 bits per heavy atom. The summed E-state index contributed by atoms with van der Waals surface area (Å²) in [5.74, 6) is 0.938. The summed E-state index contributed by atoms with van der Waals surface area (Å²) in [7, 11) is 3.24. The van der Waals surface area contributed by atoms with Gasteiger partial charge in [0, 0.05) is 38.2 Å². The van der Waals surface area contributed by atoms with Crippen LogP contribution in [0.25, 0.3) is 0 Å². The van der Waals surface area contributed by atoms with Crippen molar-refractivity contribution in [2.45, 2.75) is 31.8 Å². The number of nitro benzene ring substituents is 1. The van der Waals surface area contributed by atoms with Crippen LogP contribution >= 0.6 is 0 Å². The van der Waals surface area contributed by atoms with Crippen LogP contribution in [-0.2, 0) is 0 Å². The number of fused-ring (bicyclic) bond motifs is 1. The molecule has 1 aliphatic heterocycles.